The van der Waals surface area contributed by atoms with Crippen molar-refractivity contribution in [2.75, 3.05) is 48.8 Å². The van der Waals surface area contributed by atoms with Gasteiger partial charge in [0, 0.05) is 26.2 Å². The number of hydrogen-bond donors (Lipinski definition) is 2. The van der Waals surface area contributed by atoms with Crippen LogP contribution in [0.1, 0.15) is 16.1 Å². The molecular weight excluding hydrogens is 488 g/mol. The van der Waals surface area contributed by atoms with Crippen molar-refractivity contribution >= 4 is 52.4 Å². The number of halogens is 1. The number of aromatic nitrogens is 4. The molecule has 1 saturated heterocycles. The lowest BCUT2D eigenvalue weighted by molar-refractivity contribution is 0.0997. The highest BCUT2D eigenvalue weighted by atomic mass is 35.5. The van der Waals surface area contributed by atoms with Crippen LogP contribution in [-0.4, -0.2) is 64.0 Å². The molecule has 1 aromatic carbocycles. The fourth-order valence-corrected chi connectivity index (χ4v) is 4.51. The number of hydrogen-bond acceptors (Lipinski definition) is 10. The molecule has 1 amide bonds. The second-order valence-electron chi connectivity index (χ2n) is 8.09. The molecule has 1 fully saturated rings. The van der Waals surface area contributed by atoms with Gasteiger partial charge in [-0.15, -0.1) is 11.3 Å². The summed E-state index contributed by atoms with van der Waals surface area (Å²) in [5.74, 6) is 0.990. The Balaban J connectivity index is 1.37. The van der Waals surface area contributed by atoms with Crippen LogP contribution in [0.15, 0.2) is 46.3 Å². The number of oxazole rings is 1. The van der Waals surface area contributed by atoms with Crippen LogP contribution < -0.4 is 15.5 Å². The van der Waals surface area contributed by atoms with Crippen molar-refractivity contribution in [3.05, 3.63) is 58.3 Å². The first-order valence-corrected chi connectivity index (χ1v) is 12.2. The molecule has 1 aliphatic heterocycles. The first-order chi connectivity index (χ1) is 17.0. The van der Waals surface area contributed by atoms with Crippen LogP contribution in [0.2, 0.25) is 5.02 Å². The van der Waals surface area contributed by atoms with Gasteiger partial charge in [-0.3, -0.25) is 10.1 Å². The standard InChI is InChI=1S/C23H23ClN8O2S/c1-14-5-3-6-15(24)18(14)26-20(33)16-13-25-23(34-16)30-21-27-19(17-7-4-12-35-17)28-22(29-21)32-10-8-31(2)9-11-32/h3-7,12-13H,8-11H2,1-2H3,(H,26,33)(H,25,27,28,29,30). The lowest BCUT2D eigenvalue weighted by atomic mass is 10.2. The fraction of sp³-hybridized carbons (Fsp3) is 0.261. The summed E-state index contributed by atoms with van der Waals surface area (Å²) >= 11 is 7.76. The molecule has 3 aromatic heterocycles. The number of anilines is 4. The number of amides is 1. The van der Waals surface area contributed by atoms with E-state index in [4.69, 9.17) is 21.0 Å². The minimum absolute atomic E-state index is 0.0265. The van der Waals surface area contributed by atoms with Gasteiger partial charge in [0.1, 0.15) is 0 Å². The topological polar surface area (TPSA) is 112 Å². The van der Waals surface area contributed by atoms with E-state index >= 15 is 0 Å². The summed E-state index contributed by atoms with van der Waals surface area (Å²) in [5.41, 5.74) is 1.37. The Labute approximate surface area is 211 Å². The summed E-state index contributed by atoms with van der Waals surface area (Å²) in [6, 6.07) is 9.40. The van der Waals surface area contributed by atoms with Crippen LogP contribution in [0.3, 0.4) is 0 Å². The molecule has 0 bridgehead atoms. The van der Waals surface area contributed by atoms with Gasteiger partial charge in [-0.1, -0.05) is 29.8 Å². The Hall–Kier alpha value is -3.54. The van der Waals surface area contributed by atoms with Gasteiger partial charge in [0.2, 0.25) is 17.7 Å². The molecule has 1 aliphatic rings. The summed E-state index contributed by atoms with van der Waals surface area (Å²) in [4.78, 5) is 36.0. The Morgan fingerprint density at radius 3 is 2.69 bits per heavy atom. The van der Waals surface area contributed by atoms with Crippen LogP contribution in [0.25, 0.3) is 10.7 Å². The summed E-state index contributed by atoms with van der Waals surface area (Å²) in [6.45, 7) is 5.33. The number of piperazine rings is 1. The third-order valence-corrected chi connectivity index (χ3v) is 6.74. The molecule has 0 aliphatic carbocycles. The van der Waals surface area contributed by atoms with E-state index in [1.165, 1.54) is 6.20 Å². The minimum Gasteiger partial charge on any atom is -0.418 e. The van der Waals surface area contributed by atoms with Gasteiger partial charge in [-0.2, -0.15) is 15.0 Å². The zero-order chi connectivity index (χ0) is 24.4. The maximum atomic E-state index is 12.7. The highest BCUT2D eigenvalue weighted by Crippen LogP contribution is 2.27. The minimum atomic E-state index is -0.463. The number of nitrogens with one attached hydrogen (secondary N) is 2. The number of carbonyl (C=O) groups excluding carboxylic acids is 1. The van der Waals surface area contributed by atoms with Gasteiger partial charge in [0.15, 0.2) is 5.82 Å². The first kappa shape index (κ1) is 23.2. The van der Waals surface area contributed by atoms with E-state index in [1.54, 1.807) is 17.4 Å². The molecule has 0 spiro atoms. The molecule has 35 heavy (non-hydrogen) atoms. The van der Waals surface area contributed by atoms with Gasteiger partial charge < -0.3 is 19.5 Å². The number of aryl methyl sites for hydroxylation is 1. The van der Waals surface area contributed by atoms with Crippen LogP contribution in [-0.2, 0) is 0 Å². The van der Waals surface area contributed by atoms with Gasteiger partial charge in [0.25, 0.3) is 5.91 Å². The van der Waals surface area contributed by atoms with E-state index in [9.17, 15) is 4.79 Å². The predicted molar refractivity (Wildman–Crippen MR) is 137 cm³/mol. The quantitative estimate of drug-likeness (QED) is 0.392. The number of benzene rings is 1. The van der Waals surface area contributed by atoms with Crippen molar-refractivity contribution < 1.29 is 9.21 Å². The second-order valence-corrected chi connectivity index (χ2v) is 9.45. The predicted octanol–water partition coefficient (Wildman–Crippen LogP) is 4.30. The van der Waals surface area contributed by atoms with Crippen LogP contribution >= 0.6 is 22.9 Å². The van der Waals surface area contributed by atoms with Crippen LogP contribution in [0.4, 0.5) is 23.6 Å². The van der Waals surface area contributed by atoms with Crippen molar-refractivity contribution in [3.8, 4) is 10.7 Å². The highest BCUT2D eigenvalue weighted by molar-refractivity contribution is 7.13. The van der Waals surface area contributed by atoms with Gasteiger partial charge in [0.05, 0.1) is 21.8 Å². The van der Waals surface area contributed by atoms with E-state index in [0.29, 0.717) is 22.5 Å². The second kappa shape index (κ2) is 9.98. The van der Waals surface area contributed by atoms with Gasteiger partial charge in [-0.05, 0) is 37.0 Å². The van der Waals surface area contributed by atoms with Crippen molar-refractivity contribution in [1.82, 2.24) is 24.8 Å². The van der Waals surface area contributed by atoms with Crippen LogP contribution in [0.5, 0.6) is 0 Å². The fourth-order valence-electron chi connectivity index (χ4n) is 3.58. The van der Waals surface area contributed by atoms with E-state index in [1.807, 2.05) is 36.6 Å². The Bertz CT molecular complexity index is 1320. The molecule has 12 heteroatoms. The SMILES string of the molecule is Cc1cccc(Cl)c1NC(=O)c1cnc(Nc2nc(-c3cccs3)nc(N3CCN(C)CC3)n2)o1. The monoisotopic (exact) mass is 510 g/mol. The molecule has 0 atom stereocenters. The van der Waals surface area contributed by atoms with Gasteiger partial charge in [-0.25, -0.2) is 4.98 Å². The maximum absolute atomic E-state index is 12.7. The molecule has 2 N–H and O–H groups in total. The summed E-state index contributed by atoms with van der Waals surface area (Å²) in [5, 5.41) is 8.17. The number of rotatable bonds is 6. The van der Waals surface area contributed by atoms with Crippen molar-refractivity contribution in [2.24, 2.45) is 0 Å². The van der Waals surface area contributed by atoms with Crippen molar-refractivity contribution in [1.29, 1.82) is 0 Å². The van der Waals surface area contributed by atoms with Crippen molar-refractivity contribution in [3.63, 3.8) is 0 Å². The molecule has 5 rings (SSSR count). The largest absolute Gasteiger partial charge is 0.418 e. The Morgan fingerprint density at radius 1 is 1.11 bits per heavy atom. The lowest BCUT2D eigenvalue weighted by Gasteiger charge is -2.32. The third-order valence-electron chi connectivity index (χ3n) is 5.56. The zero-order valence-electron chi connectivity index (χ0n) is 19.2. The van der Waals surface area contributed by atoms with Gasteiger partial charge >= 0.3 is 6.01 Å². The van der Waals surface area contributed by atoms with E-state index in [0.717, 1.165) is 36.6 Å². The third kappa shape index (κ3) is 5.26. The molecule has 4 heterocycles. The molecule has 180 valence electrons. The Morgan fingerprint density at radius 2 is 1.94 bits per heavy atom. The molecule has 4 aromatic rings. The number of para-hydroxylation sites is 1. The number of thiophene rings is 1. The van der Waals surface area contributed by atoms with E-state index < -0.39 is 5.91 Å². The number of nitrogens with zero attached hydrogens (tertiary/aromatic N) is 6. The molecule has 0 radical (unpaired) electrons. The summed E-state index contributed by atoms with van der Waals surface area (Å²) in [7, 11) is 2.10. The highest BCUT2D eigenvalue weighted by Gasteiger charge is 2.21. The zero-order valence-corrected chi connectivity index (χ0v) is 20.7. The maximum Gasteiger partial charge on any atom is 0.302 e. The Kier molecular flexibility index (Phi) is 6.62. The number of likely N-dealkylation sites (N-methyl/N-ethyl adjacent to an activating group) is 1. The average molecular weight is 511 g/mol. The first-order valence-electron chi connectivity index (χ1n) is 11.0. The van der Waals surface area contributed by atoms with Crippen LogP contribution in [0, 0.1) is 6.92 Å². The molecular formula is C23H23ClN8O2S. The summed E-state index contributed by atoms with van der Waals surface area (Å²) < 4.78 is 5.64. The van der Waals surface area contributed by atoms with E-state index in [-0.39, 0.29) is 17.7 Å². The van der Waals surface area contributed by atoms with E-state index in [2.05, 4.69) is 42.4 Å². The lowest BCUT2D eigenvalue weighted by Crippen LogP contribution is -2.45. The smallest absolute Gasteiger partial charge is 0.302 e. The molecule has 0 unspecified atom stereocenters. The molecule has 0 saturated carbocycles. The summed E-state index contributed by atoms with van der Waals surface area (Å²) in [6.07, 6.45) is 1.34. The van der Waals surface area contributed by atoms with Crippen molar-refractivity contribution in [2.45, 2.75) is 6.92 Å². The average Bonchev–Trinajstić information content (AvgIpc) is 3.54. The number of carbonyl (C=O) groups is 1. The molecule has 10 nitrogen and oxygen atoms in total. The normalized spacial score (nSPS) is 14.2.